The number of oxazole rings is 1. The van der Waals surface area contributed by atoms with Crippen molar-refractivity contribution in [2.45, 2.75) is 24.9 Å². The second kappa shape index (κ2) is 5.80. The Labute approximate surface area is 130 Å². The number of Topliss-reactive ketones (excluding diaryl/α,β-unsaturated/α-hetero) is 1. The normalized spacial score (nSPS) is 12.4. The zero-order valence-corrected chi connectivity index (χ0v) is 13.0. The third kappa shape index (κ3) is 3.79. The number of aromatic nitrogens is 1. The molecule has 0 spiro atoms. The smallest absolute Gasteiger partial charge is 0.416 e. The number of nitrogens with zero attached hydrogens (tertiary/aromatic N) is 1. The van der Waals surface area contributed by atoms with Crippen LogP contribution in [0.3, 0.4) is 0 Å². The van der Waals surface area contributed by atoms with E-state index in [0.717, 1.165) is 18.2 Å². The predicted molar refractivity (Wildman–Crippen MR) is 73.8 cm³/mol. The molecule has 2 aromatic rings. The predicted octanol–water partition coefficient (Wildman–Crippen LogP) is 2.97. The maximum absolute atomic E-state index is 12.7. The standard InChI is InChI=1S/C14H12F3NO4S/c1-8-13(22-9(2)18-8)12(19)7-23(20,21)11-5-3-4-10(6-11)14(15,16)17/h3-6H,7H2,1-2H3. The van der Waals surface area contributed by atoms with Crippen molar-refractivity contribution in [1.82, 2.24) is 4.98 Å². The number of aryl methyl sites for hydroxylation is 2. The van der Waals surface area contributed by atoms with Crippen molar-refractivity contribution in [3.05, 3.63) is 47.2 Å². The summed E-state index contributed by atoms with van der Waals surface area (Å²) in [6.45, 7) is 2.96. The zero-order valence-electron chi connectivity index (χ0n) is 12.1. The topological polar surface area (TPSA) is 77.2 Å². The average molecular weight is 347 g/mol. The molecule has 0 atom stereocenters. The van der Waals surface area contributed by atoms with Gasteiger partial charge in [0.15, 0.2) is 21.5 Å². The van der Waals surface area contributed by atoms with Crippen molar-refractivity contribution in [2.75, 3.05) is 5.75 Å². The summed E-state index contributed by atoms with van der Waals surface area (Å²) in [5.74, 6) is -1.87. The number of benzene rings is 1. The summed E-state index contributed by atoms with van der Waals surface area (Å²) in [4.78, 5) is 15.3. The molecule has 0 aliphatic heterocycles. The molecule has 9 heteroatoms. The van der Waals surface area contributed by atoms with Gasteiger partial charge in [-0.1, -0.05) is 6.07 Å². The van der Waals surface area contributed by atoms with Crippen molar-refractivity contribution in [3.8, 4) is 0 Å². The van der Waals surface area contributed by atoms with Crippen LogP contribution in [0.15, 0.2) is 33.6 Å². The maximum Gasteiger partial charge on any atom is 0.416 e. The fourth-order valence-corrected chi connectivity index (χ4v) is 3.21. The van der Waals surface area contributed by atoms with Gasteiger partial charge in [-0.2, -0.15) is 13.2 Å². The number of carbonyl (C=O) groups is 1. The van der Waals surface area contributed by atoms with E-state index in [9.17, 15) is 26.4 Å². The van der Waals surface area contributed by atoms with E-state index in [1.54, 1.807) is 0 Å². The molecule has 124 valence electrons. The highest BCUT2D eigenvalue weighted by atomic mass is 32.2. The summed E-state index contributed by atoms with van der Waals surface area (Å²) in [5, 5.41) is 0. The van der Waals surface area contributed by atoms with Crippen LogP contribution in [-0.2, 0) is 16.0 Å². The number of carbonyl (C=O) groups excluding carboxylic acids is 1. The van der Waals surface area contributed by atoms with Crippen molar-refractivity contribution in [1.29, 1.82) is 0 Å². The number of alkyl halides is 3. The number of sulfone groups is 1. The molecule has 0 aliphatic rings. The molecule has 0 saturated carbocycles. The Balaban J connectivity index is 2.32. The number of halogens is 3. The number of ketones is 1. The molecule has 0 fully saturated rings. The highest BCUT2D eigenvalue weighted by molar-refractivity contribution is 7.92. The van der Waals surface area contributed by atoms with Crippen molar-refractivity contribution in [2.24, 2.45) is 0 Å². The van der Waals surface area contributed by atoms with Crippen LogP contribution in [0.25, 0.3) is 0 Å². The van der Waals surface area contributed by atoms with E-state index in [4.69, 9.17) is 4.42 Å². The summed E-state index contributed by atoms with van der Waals surface area (Å²) in [6.07, 6.45) is -4.67. The molecule has 5 nitrogen and oxygen atoms in total. The molecule has 2 rings (SSSR count). The number of hydrogen-bond donors (Lipinski definition) is 0. The van der Waals surface area contributed by atoms with Gasteiger partial charge < -0.3 is 4.42 Å². The van der Waals surface area contributed by atoms with Crippen LogP contribution in [0.2, 0.25) is 0 Å². The van der Waals surface area contributed by atoms with Gasteiger partial charge in [-0.05, 0) is 25.1 Å². The molecular weight excluding hydrogens is 335 g/mol. The minimum atomic E-state index is -4.67. The van der Waals surface area contributed by atoms with Gasteiger partial charge in [0, 0.05) is 6.92 Å². The summed E-state index contributed by atoms with van der Waals surface area (Å²) in [7, 11) is -4.24. The molecule has 1 heterocycles. The van der Waals surface area contributed by atoms with Crippen LogP contribution in [0.4, 0.5) is 13.2 Å². The van der Waals surface area contributed by atoms with Gasteiger partial charge in [-0.25, -0.2) is 13.4 Å². The molecule has 0 radical (unpaired) electrons. The van der Waals surface area contributed by atoms with Gasteiger partial charge in [0.05, 0.1) is 16.2 Å². The first-order chi connectivity index (χ1) is 10.5. The van der Waals surface area contributed by atoms with Gasteiger partial charge in [0.25, 0.3) is 0 Å². The third-order valence-electron chi connectivity index (χ3n) is 3.00. The Morgan fingerprint density at radius 1 is 1.26 bits per heavy atom. The van der Waals surface area contributed by atoms with Gasteiger partial charge in [0.2, 0.25) is 5.78 Å². The lowest BCUT2D eigenvalue weighted by Crippen LogP contribution is -2.17. The Morgan fingerprint density at radius 2 is 1.91 bits per heavy atom. The quantitative estimate of drug-likeness (QED) is 0.795. The first-order valence-corrected chi connectivity index (χ1v) is 8.03. The molecule has 0 bridgehead atoms. The zero-order chi connectivity index (χ0) is 17.4. The van der Waals surface area contributed by atoms with E-state index < -0.39 is 38.0 Å². The lowest BCUT2D eigenvalue weighted by molar-refractivity contribution is -0.137. The van der Waals surface area contributed by atoms with Gasteiger partial charge in [0.1, 0.15) is 5.75 Å². The minimum absolute atomic E-state index is 0.197. The SMILES string of the molecule is Cc1nc(C)c(C(=O)CS(=O)(=O)c2cccc(C(F)(F)F)c2)o1. The van der Waals surface area contributed by atoms with E-state index in [1.165, 1.54) is 13.8 Å². The number of rotatable bonds is 4. The van der Waals surface area contributed by atoms with E-state index >= 15 is 0 Å². The molecule has 1 aromatic heterocycles. The summed E-state index contributed by atoms with van der Waals surface area (Å²) in [5.41, 5.74) is -0.871. The van der Waals surface area contributed by atoms with Crippen molar-refractivity contribution < 1.29 is 30.8 Å². The first kappa shape index (κ1) is 17.2. The fourth-order valence-electron chi connectivity index (χ4n) is 1.98. The van der Waals surface area contributed by atoms with Gasteiger partial charge in [-0.3, -0.25) is 4.79 Å². The summed E-state index contributed by atoms with van der Waals surface area (Å²) >= 11 is 0. The first-order valence-electron chi connectivity index (χ1n) is 6.38. The Bertz CT molecular complexity index is 853. The molecule has 1 aromatic carbocycles. The van der Waals surface area contributed by atoms with E-state index in [-0.39, 0.29) is 17.3 Å². The lowest BCUT2D eigenvalue weighted by Gasteiger charge is -2.09. The molecule has 0 saturated heterocycles. The van der Waals surface area contributed by atoms with E-state index in [2.05, 4.69) is 4.98 Å². The highest BCUT2D eigenvalue weighted by Gasteiger charge is 2.32. The molecule has 0 amide bonds. The van der Waals surface area contributed by atoms with Crippen LogP contribution >= 0.6 is 0 Å². The lowest BCUT2D eigenvalue weighted by atomic mass is 10.2. The molecule has 0 N–H and O–H groups in total. The van der Waals surface area contributed by atoms with Crippen LogP contribution in [0.5, 0.6) is 0 Å². The van der Waals surface area contributed by atoms with Crippen molar-refractivity contribution in [3.63, 3.8) is 0 Å². The highest BCUT2D eigenvalue weighted by Crippen LogP contribution is 2.30. The molecule has 0 unspecified atom stereocenters. The number of hydrogen-bond acceptors (Lipinski definition) is 5. The van der Waals surface area contributed by atoms with Crippen LogP contribution in [-0.4, -0.2) is 24.9 Å². The van der Waals surface area contributed by atoms with Gasteiger partial charge in [-0.15, -0.1) is 0 Å². The van der Waals surface area contributed by atoms with Crippen LogP contribution in [0, 0.1) is 13.8 Å². The fraction of sp³-hybridized carbons (Fsp3) is 0.286. The minimum Gasteiger partial charge on any atom is -0.438 e. The molecule has 23 heavy (non-hydrogen) atoms. The third-order valence-corrected chi connectivity index (χ3v) is 4.61. The van der Waals surface area contributed by atoms with E-state index in [1.807, 2.05) is 0 Å². The summed E-state index contributed by atoms with van der Waals surface area (Å²) in [6, 6.07) is 3.24. The maximum atomic E-state index is 12.7. The van der Waals surface area contributed by atoms with Gasteiger partial charge >= 0.3 is 6.18 Å². The molecule has 0 aliphatic carbocycles. The molecular formula is C14H12F3NO4S. The second-order valence-corrected chi connectivity index (χ2v) is 6.84. The van der Waals surface area contributed by atoms with Crippen LogP contribution < -0.4 is 0 Å². The van der Waals surface area contributed by atoms with Crippen molar-refractivity contribution >= 4 is 15.6 Å². The Morgan fingerprint density at radius 3 is 2.43 bits per heavy atom. The second-order valence-electron chi connectivity index (χ2n) is 4.86. The monoisotopic (exact) mass is 347 g/mol. The summed E-state index contributed by atoms with van der Waals surface area (Å²) < 4.78 is 67.3. The van der Waals surface area contributed by atoms with Crippen LogP contribution in [0.1, 0.15) is 27.7 Å². The average Bonchev–Trinajstić information content (AvgIpc) is 2.76. The Hall–Kier alpha value is -2.16. The largest absolute Gasteiger partial charge is 0.438 e. The van der Waals surface area contributed by atoms with E-state index in [0.29, 0.717) is 6.07 Å². The Kier molecular flexibility index (Phi) is 4.34.